The average molecular weight is 220 g/mol. The van der Waals surface area contributed by atoms with Crippen molar-refractivity contribution in [2.45, 2.75) is 6.42 Å². The first-order chi connectivity index (χ1) is 6.52. The minimum Gasteiger partial charge on any atom is -0.202 e. The third-order valence-electron chi connectivity index (χ3n) is 1.50. The number of rotatable bonds is 5. The Hall–Kier alpha value is -1.06. The minimum absolute atomic E-state index is 0.250. The van der Waals surface area contributed by atoms with Gasteiger partial charge in [0.1, 0.15) is 0 Å². The first-order valence-corrected chi connectivity index (χ1v) is 5.36. The Morgan fingerprint density at radius 1 is 1.50 bits per heavy atom. The fraction of sp³-hybridized carbons (Fsp3) is 0.800. The molecule has 0 amide bonds. The lowest BCUT2D eigenvalue weighted by Gasteiger charge is -2.11. The average Bonchev–Trinajstić information content (AvgIpc) is 2.56. The van der Waals surface area contributed by atoms with Crippen molar-refractivity contribution in [3.8, 4) is 0 Å². The standard InChI is InChI=1S/C5H12N6O2S/c1-11(2)14(12,13)6-4-3-5-7-9-10-8-5/h6H,3-4H2,1-2H3,(H,7,8,9,10). The van der Waals surface area contributed by atoms with Crippen LogP contribution in [0.5, 0.6) is 0 Å². The minimum atomic E-state index is -3.35. The largest absolute Gasteiger partial charge is 0.278 e. The monoisotopic (exact) mass is 220 g/mol. The van der Waals surface area contributed by atoms with Crippen LogP contribution in [0.25, 0.3) is 0 Å². The molecule has 8 nitrogen and oxygen atoms in total. The molecule has 2 N–H and O–H groups in total. The predicted molar refractivity (Wildman–Crippen MR) is 48.5 cm³/mol. The second kappa shape index (κ2) is 4.44. The zero-order chi connectivity index (χ0) is 10.6. The Labute approximate surface area is 81.9 Å². The number of nitrogens with one attached hydrogen (secondary N) is 2. The number of H-pyrrole nitrogens is 1. The van der Waals surface area contributed by atoms with Crippen LogP contribution in [-0.4, -0.2) is 54.0 Å². The quantitative estimate of drug-likeness (QED) is 0.605. The van der Waals surface area contributed by atoms with Gasteiger partial charge in [0, 0.05) is 27.1 Å². The van der Waals surface area contributed by atoms with Crippen LogP contribution in [0.1, 0.15) is 5.82 Å². The van der Waals surface area contributed by atoms with Crippen molar-refractivity contribution in [2.75, 3.05) is 20.6 Å². The highest BCUT2D eigenvalue weighted by Crippen LogP contribution is 1.89. The fourth-order valence-electron chi connectivity index (χ4n) is 0.709. The molecule has 0 aliphatic carbocycles. The van der Waals surface area contributed by atoms with Crippen LogP contribution in [-0.2, 0) is 16.6 Å². The van der Waals surface area contributed by atoms with Crippen molar-refractivity contribution in [3.05, 3.63) is 5.82 Å². The van der Waals surface area contributed by atoms with Gasteiger partial charge in [0.2, 0.25) is 0 Å². The SMILES string of the molecule is CN(C)S(=O)(=O)NCCc1nn[nH]n1. The first-order valence-electron chi connectivity index (χ1n) is 3.92. The van der Waals surface area contributed by atoms with Gasteiger partial charge in [-0.1, -0.05) is 5.21 Å². The zero-order valence-corrected chi connectivity index (χ0v) is 8.74. The highest BCUT2D eigenvalue weighted by Gasteiger charge is 2.11. The number of tetrazole rings is 1. The molecule has 0 atom stereocenters. The Balaban J connectivity index is 2.36. The van der Waals surface area contributed by atoms with Gasteiger partial charge in [-0.25, -0.2) is 4.72 Å². The van der Waals surface area contributed by atoms with Crippen molar-refractivity contribution in [3.63, 3.8) is 0 Å². The van der Waals surface area contributed by atoms with Gasteiger partial charge in [-0.3, -0.25) is 0 Å². The normalized spacial score (nSPS) is 12.2. The van der Waals surface area contributed by atoms with Crippen LogP contribution in [0, 0.1) is 0 Å². The highest BCUT2D eigenvalue weighted by molar-refractivity contribution is 7.87. The first kappa shape index (κ1) is 11.0. The summed E-state index contributed by atoms with van der Waals surface area (Å²) in [5, 5.41) is 13.0. The molecule has 0 aromatic carbocycles. The summed E-state index contributed by atoms with van der Waals surface area (Å²) < 4.78 is 25.9. The number of aromatic nitrogens is 4. The molecule has 14 heavy (non-hydrogen) atoms. The molecule has 0 unspecified atom stereocenters. The van der Waals surface area contributed by atoms with Crippen LogP contribution in [0.3, 0.4) is 0 Å². The molecule has 9 heteroatoms. The predicted octanol–water partition coefficient (Wildman–Crippen LogP) is -1.86. The van der Waals surface area contributed by atoms with E-state index < -0.39 is 10.2 Å². The molecule has 1 aromatic heterocycles. The molecule has 1 rings (SSSR count). The second-order valence-corrected chi connectivity index (χ2v) is 4.73. The van der Waals surface area contributed by atoms with E-state index in [0.717, 1.165) is 4.31 Å². The van der Waals surface area contributed by atoms with Gasteiger partial charge in [-0.05, 0) is 0 Å². The van der Waals surface area contributed by atoms with Crippen molar-refractivity contribution in [1.29, 1.82) is 0 Å². The second-order valence-electron chi connectivity index (χ2n) is 2.76. The molecule has 0 radical (unpaired) electrons. The van der Waals surface area contributed by atoms with Crippen LogP contribution < -0.4 is 4.72 Å². The van der Waals surface area contributed by atoms with E-state index in [2.05, 4.69) is 25.3 Å². The van der Waals surface area contributed by atoms with Gasteiger partial charge in [0.25, 0.3) is 10.2 Å². The number of hydrogen-bond acceptors (Lipinski definition) is 5. The maximum absolute atomic E-state index is 11.2. The molecule has 1 aromatic rings. The van der Waals surface area contributed by atoms with Crippen molar-refractivity contribution >= 4 is 10.2 Å². The van der Waals surface area contributed by atoms with Gasteiger partial charge >= 0.3 is 0 Å². The van der Waals surface area contributed by atoms with Crippen molar-refractivity contribution in [1.82, 2.24) is 29.7 Å². The van der Waals surface area contributed by atoms with E-state index in [9.17, 15) is 8.42 Å². The summed E-state index contributed by atoms with van der Waals surface area (Å²) in [6, 6.07) is 0. The summed E-state index contributed by atoms with van der Waals surface area (Å²) in [5.74, 6) is 0.478. The third-order valence-corrected chi connectivity index (χ3v) is 3.03. The third kappa shape index (κ3) is 3.01. The lowest BCUT2D eigenvalue weighted by molar-refractivity contribution is 0.505. The molecule has 0 saturated carbocycles. The smallest absolute Gasteiger partial charge is 0.202 e. The van der Waals surface area contributed by atoms with Gasteiger partial charge in [0.15, 0.2) is 5.82 Å². The lowest BCUT2D eigenvalue weighted by atomic mass is 10.4. The lowest BCUT2D eigenvalue weighted by Crippen LogP contribution is -2.36. The van der Waals surface area contributed by atoms with Gasteiger partial charge in [-0.15, -0.1) is 10.2 Å². The number of hydrogen-bond donors (Lipinski definition) is 2. The summed E-state index contributed by atoms with van der Waals surface area (Å²) in [7, 11) is -0.444. The number of nitrogens with zero attached hydrogens (tertiary/aromatic N) is 4. The fourth-order valence-corrected chi connectivity index (χ4v) is 1.33. The van der Waals surface area contributed by atoms with E-state index in [1.165, 1.54) is 14.1 Å². The maximum Gasteiger partial charge on any atom is 0.278 e. The zero-order valence-electron chi connectivity index (χ0n) is 7.93. The van der Waals surface area contributed by atoms with Gasteiger partial charge in [-0.2, -0.15) is 17.9 Å². The summed E-state index contributed by atoms with van der Waals surface area (Å²) in [5.41, 5.74) is 0. The number of aromatic amines is 1. The molecule has 0 saturated heterocycles. The van der Waals surface area contributed by atoms with E-state index in [-0.39, 0.29) is 6.54 Å². The molecule has 0 bridgehead atoms. The molecule has 0 spiro atoms. The summed E-state index contributed by atoms with van der Waals surface area (Å²) in [6.07, 6.45) is 0.406. The summed E-state index contributed by atoms with van der Waals surface area (Å²) in [6.45, 7) is 0.250. The van der Waals surface area contributed by atoms with Crippen molar-refractivity contribution < 1.29 is 8.42 Å². The summed E-state index contributed by atoms with van der Waals surface area (Å²) >= 11 is 0. The van der Waals surface area contributed by atoms with Gasteiger partial charge in [0.05, 0.1) is 0 Å². The van der Waals surface area contributed by atoms with E-state index >= 15 is 0 Å². The van der Waals surface area contributed by atoms with Crippen LogP contribution in [0.4, 0.5) is 0 Å². The Bertz CT molecular complexity index is 358. The molecule has 80 valence electrons. The summed E-state index contributed by atoms with van der Waals surface area (Å²) in [4.78, 5) is 0. The van der Waals surface area contributed by atoms with Crippen LogP contribution >= 0.6 is 0 Å². The molecule has 0 aliphatic rings. The Morgan fingerprint density at radius 2 is 2.21 bits per heavy atom. The molecule has 0 aliphatic heterocycles. The Morgan fingerprint density at radius 3 is 2.71 bits per heavy atom. The van der Waals surface area contributed by atoms with Crippen LogP contribution in [0.2, 0.25) is 0 Å². The molecule has 0 fully saturated rings. The van der Waals surface area contributed by atoms with E-state index in [0.29, 0.717) is 12.2 Å². The topological polar surface area (TPSA) is 104 Å². The van der Waals surface area contributed by atoms with E-state index in [1.807, 2.05) is 0 Å². The highest BCUT2D eigenvalue weighted by atomic mass is 32.2. The van der Waals surface area contributed by atoms with Crippen LogP contribution in [0.15, 0.2) is 0 Å². The van der Waals surface area contributed by atoms with Crippen molar-refractivity contribution in [2.24, 2.45) is 0 Å². The maximum atomic E-state index is 11.2. The van der Waals surface area contributed by atoms with E-state index in [1.54, 1.807) is 0 Å². The van der Waals surface area contributed by atoms with E-state index in [4.69, 9.17) is 0 Å². The molecular weight excluding hydrogens is 208 g/mol. The molecular formula is C5H12N6O2S. The molecule has 1 heterocycles. The Kier molecular flexibility index (Phi) is 3.49. The van der Waals surface area contributed by atoms with Gasteiger partial charge < -0.3 is 0 Å².